The van der Waals surface area contributed by atoms with E-state index in [-0.39, 0.29) is 11.8 Å². The van der Waals surface area contributed by atoms with Gasteiger partial charge in [0.05, 0.1) is 5.56 Å². The van der Waals surface area contributed by atoms with Gasteiger partial charge in [-0.05, 0) is 67.4 Å². The molecule has 0 radical (unpaired) electrons. The minimum atomic E-state index is -0.180. The molecule has 3 aromatic carbocycles. The van der Waals surface area contributed by atoms with Crippen LogP contribution in [0.1, 0.15) is 53.8 Å². The smallest absolute Gasteiger partial charge is 0.256 e. The van der Waals surface area contributed by atoms with E-state index in [1.165, 1.54) is 6.42 Å². The van der Waals surface area contributed by atoms with Crippen LogP contribution >= 0.6 is 0 Å². The standard InChI is InChI=1S/C29H36N4O2/c1-3-32(4-2)20-17-30-28(34)26-21-23(15-16-27(26)33-18-8-5-9-19-33)31-29(35)25-14-10-12-22-11-6-7-13-24(22)25/h6-7,10-16,21H,3-5,8-9,17-20H2,1-2H3,(H,30,34)(H,31,35). The van der Waals surface area contributed by atoms with Crippen molar-refractivity contribution in [3.05, 3.63) is 71.8 Å². The van der Waals surface area contributed by atoms with Crippen molar-refractivity contribution in [3.8, 4) is 0 Å². The average Bonchev–Trinajstić information content (AvgIpc) is 2.91. The van der Waals surface area contributed by atoms with Crippen molar-refractivity contribution in [2.45, 2.75) is 33.1 Å². The number of benzene rings is 3. The fraction of sp³-hybridized carbons (Fsp3) is 0.379. The summed E-state index contributed by atoms with van der Waals surface area (Å²) in [6.07, 6.45) is 3.48. The SMILES string of the molecule is CCN(CC)CCNC(=O)c1cc(NC(=O)c2cccc3ccccc23)ccc1N1CCCCC1. The summed E-state index contributed by atoms with van der Waals surface area (Å²) >= 11 is 0. The summed E-state index contributed by atoms with van der Waals surface area (Å²) in [6, 6.07) is 19.3. The van der Waals surface area contributed by atoms with Gasteiger partial charge in [0.2, 0.25) is 0 Å². The maximum Gasteiger partial charge on any atom is 0.256 e. The van der Waals surface area contributed by atoms with E-state index in [1.54, 1.807) is 0 Å². The van der Waals surface area contributed by atoms with Gasteiger partial charge in [0.25, 0.3) is 11.8 Å². The van der Waals surface area contributed by atoms with Crippen LogP contribution in [-0.4, -0.2) is 56.0 Å². The predicted octanol–water partition coefficient (Wildman–Crippen LogP) is 5.15. The normalized spacial score (nSPS) is 13.7. The van der Waals surface area contributed by atoms with E-state index in [1.807, 2.05) is 60.7 Å². The van der Waals surface area contributed by atoms with Crippen LogP contribution in [0.2, 0.25) is 0 Å². The first-order valence-corrected chi connectivity index (χ1v) is 12.8. The van der Waals surface area contributed by atoms with Crippen molar-refractivity contribution in [1.82, 2.24) is 10.2 Å². The highest BCUT2D eigenvalue weighted by atomic mass is 16.2. The number of carbonyl (C=O) groups excluding carboxylic acids is 2. The molecular formula is C29H36N4O2. The largest absolute Gasteiger partial charge is 0.371 e. The maximum absolute atomic E-state index is 13.3. The van der Waals surface area contributed by atoms with Crippen LogP contribution in [-0.2, 0) is 0 Å². The fourth-order valence-electron chi connectivity index (χ4n) is 4.79. The van der Waals surface area contributed by atoms with Crippen molar-refractivity contribution in [3.63, 3.8) is 0 Å². The van der Waals surface area contributed by atoms with Crippen molar-refractivity contribution in [1.29, 1.82) is 0 Å². The van der Waals surface area contributed by atoms with Gasteiger partial charge in [0.1, 0.15) is 0 Å². The first-order valence-electron chi connectivity index (χ1n) is 12.8. The second-order valence-corrected chi connectivity index (χ2v) is 9.04. The molecule has 35 heavy (non-hydrogen) atoms. The summed E-state index contributed by atoms with van der Waals surface area (Å²) in [7, 11) is 0. The number of nitrogens with one attached hydrogen (secondary N) is 2. The van der Waals surface area contributed by atoms with Crippen LogP contribution in [0.5, 0.6) is 0 Å². The topological polar surface area (TPSA) is 64.7 Å². The molecule has 0 aromatic heterocycles. The molecule has 184 valence electrons. The van der Waals surface area contributed by atoms with E-state index in [2.05, 4.69) is 34.3 Å². The van der Waals surface area contributed by atoms with Gasteiger partial charge in [0, 0.05) is 43.1 Å². The lowest BCUT2D eigenvalue weighted by Gasteiger charge is -2.30. The van der Waals surface area contributed by atoms with Crippen LogP contribution in [0.4, 0.5) is 11.4 Å². The predicted molar refractivity (Wildman–Crippen MR) is 145 cm³/mol. The van der Waals surface area contributed by atoms with Crippen molar-refractivity contribution in [2.24, 2.45) is 0 Å². The fourth-order valence-corrected chi connectivity index (χ4v) is 4.79. The lowest BCUT2D eigenvalue weighted by atomic mass is 10.0. The molecule has 0 unspecified atom stereocenters. The van der Waals surface area contributed by atoms with Crippen LogP contribution in [0.25, 0.3) is 10.8 Å². The Balaban J connectivity index is 1.57. The third kappa shape index (κ3) is 6.01. The van der Waals surface area contributed by atoms with E-state index in [0.29, 0.717) is 23.4 Å². The molecule has 0 bridgehead atoms. The van der Waals surface area contributed by atoms with Crippen molar-refractivity contribution in [2.75, 3.05) is 49.5 Å². The summed E-state index contributed by atoms with van der Waals surface area (Å²) in [4.78, 5) is 31.0. The Bertz CT molecular complexity index is 1160. The summed E-state index contributed by atoms with van der Waals surface area (Å²) in [5, 5.41) is 8.05. The quantitative estimate of drug-likeness (QED) is 0.452. The molecule has 0 aliphatic carbocycles. The molecule has 2 amide bonds. The molecule has 6 nitrogen and oxygen atoms in total. The molecule has 1 aliphatic rings. The van der Waals surface area contributed by atoms with Gasteiger partial charge in [-0.25, -0.2) is 0 Å². The molecule has 1 heterocycles. The number of anilines is 2. The zero-order valence-corrected chi connectivity index (χ0v) is 20.8. The number of piperidine rings is 1. The monoisotopic (exact) mass is 472 g/mol. The van der Waals surface area contributed by atoms with Crippen molar-refractivity contribution >= 4 is 34.0 Å². The number of likely N-dealkylation sites (N-methyl/N-ethyl adjacent to an activating group) is 1. The minimum Gasteiger partial charge on any atom is -0.371 e. The first-order chi connectivity index (χ1) is 17.1. The van der Waals surface area contributed by atoms with Gasteiger partial charge in [-0.2, -0.15) is 0 Å². The molecule has 4 rings (SSSR count). The Hall–Kier alpha value is -3.38. The van der Waals surface area contributed by atoms with E-state index in [0.717, 1.165) is 62.0 Å². The lowest BCUT2D eigenvalue weighted by molar-refractivity contribution is 0.0948. The van der Waals surface area contributed by atoms with Gasteiger partial charge in [-0.15, -0.1) is 0 Å². The molecule has 1 saturated heterocycles. The molecule has 1 fully saturated rings. The van der Waals surface area contributed by atoms with Crippen molar-refractivity contribution < 1.29 is 9.59 Å². The maximum atomic E-state index is 13.3. The van der Waals surface area contributed by atoms with Gasteiger partial charge in [0.15, 0.2) is 0 Å². The van der Waals surface area contributed by atoms with E-state index in [9.17, 15) is 9.59 Å². The third-order valence-electron chi connectivity index (χ3n) is 6.84. The minimum absolute atomic E-state index is 0.0982. The molecule has 2 N–H and O–H groups in total. The van der Waals surface area contributed by atoms with Gasteiger partial charge >= 0.3 is 0 Å². The molecule has 6 heteroatoms. The molecular weight excluding hydrogens is 436 g/mol. The molecule has 1 aliphatic heterocycles. The summed E-state index contributed by atoms with van der Waals surface area (Å²) in [5.74, 6) is -0.278. The number of hydrogen-bond acceptors (Lipinski definition) is 4. The highest BCUT2D eigenvalue weighted by molar-refractivity contribution is 6.13. The van der Waals surface area contributed by atoms with Crippen LogP contribution < -0.4 is 15.5 Å². The zero-order valence-electron chi connectivity index (χ0n) is 20.8. The first kappa shape index (κ1) is 24.7. The zero-order chi connectivity index (χ0) is 24.6. The molecule has 0 atom stereocenters. The van der Waals surface area contributed by atoms with E-state index >= 15 is 0 Å². The number of carbonyl (C=O) groups is 2. The Kier molecular flexibility index (Phi) is 8.37. The number of fused-ring (bicyclic) bond motifs is 1. The van der Waals surface area contributed by atoms with Crippen LogP contribution in [0, 0.1) is 0 Å². The number of rotatable bonds is 9. The van der Waals surface area contributed by atoms with Crippen LogP contribution in [0.15, 0.2) is 60.7 Å². The van der Waals surface area contributed by atoms with E-state index < -0.39 is 0 Å². The van der Waals surface area contributed by atoms with Gasteiger partial charge in [-0.3, -0.25) is 9.59 Å². The second-order valence-electron chi connectivity index (χ2n) is 9.04. The average molecular weight is 473 g/mol. The van der Waals surface area contributed by atoms with Crippen LogP contribution in [0.3, 0.4) is 0 Å². The Morgan fingerprint density at radius 2 is 1.60 bits per heavy atom. The summed E-state index contributed by atoms with van der Waals surface area (Å²) < 4.78 is 0. The highest BCUT2D eigenvalue weighted by Gasteiger charge is 2.20. The number of amides is 2. The Morgan fingerprint density at radius 1 is 0.857 bits per heavy atom. The lowest BCUT2D eigenvalue weighted by Crippen LogP contribution is -2.36. The molecule has 0 spiro atoms. The van der Waals surface area contributed by atoms with E-state index in [4.69, 9.17) is 0 Å². The molecule has 3 aromatic rings. The third-order valence-corrected chi connectivity index (χ3v) is 6.84. The number of nitrogens with zero attached hydrogens (tertiary/aromatic N) is 2. The highest BCUT2D eigenvalue weighted by Crippen LogP contribution is 2.28. The Labute approximate surface area is 208 Å². The van der Waals surface area contributed by atoms with Gasteiger partial charge in [-0.1, -0.05) is 50.2 Å². The second kappa shape index (κ2) is 11.8. The Morgan fingerprint density at radius 3 is 2.37 bits per heavy atom. The summed E-state index contributed by atoms with van der Waals surface area (Å²) in [5.41, 5.74) is 2.79. The number of hydrogen-bond donors (Lipinski definition) is 2. The summed E-state index contributed by atoms with van der Waals surface area (Å²) in [6.45, 7) is 9.47. The molecule has 0 saturated carbocycles. The van der Waals surface area contributed by atoms with Gasteiger partial charge < -0.3 is 20.4 Å².